The standard InChI is InChI=1S/C14H17BrN2O3/c1-9-8-11(15)2-3-12(9)16-14(20)17-6-4-10(5-7-17)13(18)19/h2-3,8,10H,4-7H2,1H3,(H,16,20)(H,18,19). The monoisotopic (exact) mass is 340 g/mol. The minimum atomic E-state index is -0.770. The van der Waals surface area contributed by atoms with Crippen LogP contribution in [0.25, 0.3) is 0 Å². The first-order valence-corrected chi connectivity index (χ1v) is 7.31. The number of rotatable bonds is 2. The minimum absolute atomic E-state index is 0.167. The van der Waals surface area contributed by atoms with Gasteiger partial charge in [0.2, 0.25) is 0 Å². The first-order chi connectivity index (χ1) is 9.47. The van der Waals surface area contributed by atoms with Crippen LogP contribution >= 0.6 is 15.9 Å². The molecule has 1 heterocycles. The molecule has 0 atom stereocenters. The van der Waals surface area contributed by atoms with E-state index in [1.807, 2.05) is 25.1 Å². The first-order valence-electron chi connectivity index (χ1n) is 6.52. The van der Waals surface area contributed by atoms with Crippen LogP contribution < -0.4 is 5.32 Å². The Kier molecular flexibility index (Phi) is 4.65. The average Bonchev–Trinajstić information content (AvgIpc) is 2.42. The number of amides is 2. The van der Waals surface area contributed by atoms with Gasteiger partial charge in [-0.05, 0) is 43.5 Å². The molecule has 1 aromatic rings. The second kappa shape index (κ2) is 6.26. The van der Waals surface area contributed by atoms with Crippen molar-refractivity contribution in [1.29, 1.82) is 0 Å². The van der Waals surface area contributed by atoms with Crippen LogP contribution in [0.15, 0.2) is 22.7 Å². The molecule has 0 bridgehead atoms. The number of nitrogens with zero attached hydrogens (tertiary/aromatic N) is 1. The molecule has 1 aromatic carbocycles. The summed E-state index contributed by atoms with van der Waals surface area (Å²) < 4.78 is 0.968. The molecule has 0 spiro atoms. The Balaban J connectivity index is 1.94. The highest BCUT2D eigenvalue weighted by Crippen LogP contribution is 2.22. The zero-order valence-corrected chi connectivity index (χ0v) is 12.8. The summed E-state index contributed by atoms with van der Waals surface area (Å²) in [4.78, 5) is 24.7. The lowest BCUT2D eigenvalue weighted by molar-refractivity contribution is -0.143. The van der Waals surface area contributed by atoms with Crippen LogP contribution in [-0.4, -0.2) is 35.1 Å². The van der Waals surface area contributed by atoms with Gasteiger partial charge in [0.15, 0.2) is 0 Å². The number of carboxylic acids is 1. The Hall–Kier alpha value is -1.56. The van der Waals surface area contributed by atoms with Crippen LogP contribution in [0.3, 0.4) is 0 Å². The maximum Gasteiger partial charge on any atom is 0.321 e. The highest BCUT2D eigenvalue weighted by molar-refractivity contribution is 9.10. The van der Waals surface area contributed by atoms with Gasteiger partial charge in [-0.25, -0.2) is 4.79 Å². The fourth-order valence-corrected chi connectivity index (χ4v) is 2.77. The van der Waals surface area contributed by atoms with Crippen molar-refractivity contribution >= 4 is 33.6 Å². The number of carboxylic acid groups (broad SMARTS) is 1. The summed E-state index contributed by atoms with van der Waals surface area (Å²) in [7, 11) is 0. The molecular formula is C14H17BrN2O3. The Morgan fingerprint density at radius 2 is 2.00 bits per heavy atom. The highest BCUT2D eigenvalue weighted by Gasteiger charge is 2.27. The number of hydrogen-bond donors (Lipinski definition) is 2. The van der Waals surface area contributed by atoms with E-state index in [1.165, 1.54) is 0 Å². The van der Waals surface area contributed by atoms with E-state index >= 15 is 0 Å². The summed E-state index contributed by atoms with van der Waals surface area (Å²) >= 11 is 3.38. The number of aryl methyl sites for hydroxylation is 1. The molecule has 1 saturated heterocycles. The third-order valence-electron chi connectivity index (χ3n) is 3.56. The third kappa shape index (κ3) is 3.50. The topological polar surface area (TPSA) is 69.6 Å². The lowest BCUT2D eigenvalue weighted by Crippen LogP contribution is -2.42. The number of aliphatic carboxylic acids is 1. The van der Waals surface area contributed by atoms with Gasteiger partial charge in [0.1, 0.15) is 0 Å². The minimum Gasteiger partial charge on any atom is -0.481 e. The first kappa shape index (κ1) is 14.8. The van der Waals surface area contributed by atoms with Gasteiger partial charge in [-0.15, -0.1) is 0 Å². The van der Waals surface area contributed by atoms with Gasteiger partial charge in [-0.3, -0.25) is 4.79 Å². The largest absolute Gasteiger partial charge is 0.481 e. The number of benzene rings is 1. The number of anilines is 1. The van der Waals surface area contributed by atoms with Crippen LogP contribution in [-0.2, 0) is 4.79 Å². The summed E-state index contributed by atoms with van der Waals surface area (Å²) in [5.41, 5.74) is 1.76. The second-order valence-corrected chi connectivity index (χ2v) is 5.90. The van der Waals surface area contributed by atoms with E-state index in [1.54, 1.807) is 4.90 Å². The number of urea groups is 1. The van der Waals surface area contributed by atoms with Gasteiger partial charge >= 0.3 is 12.0 Å². The van der Waals surface area contributed by atoms with Crippen molar-refractivity contribution in [3.05, 3.63) is 28.2 Å². The number of halogens is 1. The maximum atomic E-state index is 12.1. The Morgan fingerprint density at radius 1 is 1.35 bits per heavy atom. The summed E-state index contributed by atoms with van der Waals surface area (Å²) in [5.74, 6) is -1.10. The summed E-state index contributed by atoms with van der Waals surface area (Å²) in [6, 6.07) is 5.49. The van der Waals surface area contributed by atoms with Crippen LogP contribution in [0.2, 0.25) is 0 Å². The zero-order valence-electron chi connectivity index (χ0n) is 11.2. The number of hydrogen-bond acceptors (Lipinski definition) is 2. The molecular weight excluding hydrogens is 324 g/mol. The molecule has 108 valence electrons. The van der Waals surface area contributed by atoms with Gasteiger partial charge < -0.3 is 15.3 Å². The summed E-state index contributed by atoms with van der Waals surface area (Å²) in [5, 5.41) is 11.8. The fraction of sp³-hybridized carbons (Fsp3) is 0.429. The molecule has 1 aliphatic rings. The van der Waals surface area contributed by atoms with E-state index in [9.17, 15) is 9.59 Å². The molecule has 5 nitrogen and oxygen atoms in total. The van der Waals surface area contributed by atoms with Gasteiger partial charge in [0.05, 0.1) is 5.92 Å². The van der Waals surface area contributed by atoms with Gasteiger partial charge in [0.25, 0.3) is 0 Å². The normalized spacial score (nSPS) is 16.0. The second-order valence-electron chi connectivity index (χ2n) is 4.99. The molecule has 1 fully saturated rings. The Labute approximate surface area is 126 Å². The number of carbonyl (C=O) groups is 2. The number of likely N-dealkylation sites (tertiary alicyclic amines) is 1. The van der Waals surface area contributed by atoms with E-state index < -0.39 is 5.97 Å². The molecule has 0 saturated carbocycles. The van der Waals surface area contributed by atoms with Crippen molar-refractivity contribution in [1.82, 2.24) is 4.90 Å². The van der Waals surface area contributed by atoms with E-state index in [0.717, 1.165) is 15.7 Å². The van der Waals surface area contributed by atoms with E-state index in [-0.39, 0.29) is 11.9 Å². The Morgan fingerprint density at radius 3 is 2.55 bits per heavy atom. The van der Waals surface area contributed by atoms with Crippen molar-refractivity contribution in [3.8, 4) is 0 Å². The predicted octanol–water partition coefficient (Wildman–Crippen LogP) is 3.09. The van der Waals surface area contributed by atoms with Crippen LogP contribution in [0.4, 0.5) is 10.5 Å². The lowest BCUT2D eigenvalue weighted by atomic mass is 9.97. The van der Waals surface area contributed by atoms with E-state index in [4.69, 9.17) is 5.11 Å². The van der Waals surface area contributed by atoms with Gasteiger partial charge in [-0.2, -0.15) is 0 Å². The summed E-state index contributed by atoms with van der Waals surface area (Å²) in [6.45, 7) is 2.90. The third-order valence-corrected chi connectivity index (χ3v) is 4.05. The van der Waals surface area contributed by atoms with Crippen molar-refractivity contribution in [2.75, 3.05) is 18.4 Å². The maximum absolute atomic E-state index is 12.1. The quantitative estimate of drug-likeness (QED) is 0.869. The molecule has 1 aliphatic heterocycles. The fourth-order valence-electron chi connectivity index (χ4n) is 2.29. The van der Waals surface area contributed by atoms with Crippen molar-refractivity contribution < 1.29 is 14.7 Å². The zero-order chi connectivity index (χ0) is 14.7. The van der Waals surface area contributed by atoms with Crippen LogP contribution in [0, 0.1) is 12.8 Å². The molecule has 2 N–H and O–H groups in total. The predicted molar refractivity (Wildman–Crippen MR) is 79.8 cm³/mol. The van der Waals surface area contributed by atoms with Crippen molar-refractivity contribution in [3.63, 3.8) is 0 Å². The smallest absolute Gasteiger partial charge is 0.321 e. The molecule has 6 heteroatoms. The van der Waals surface area contributed by atoms with Crippen molar-refractivity contribution in [2.24, 2.45) is 5.92 Å². The number of nitrogens with one attached hydrogen (secondary N) is 1. The van der Waals surface area contributed by atoms with E-state index in [0.29, 0.717) is 25.9 Å². The molecule has 0 aliphatic carbocycles. The van der Waals surface area contributed by atoms with Crippen molar-refractivity contribution in [2.45, 2.75) is 19.8 Å². The van der Waals surface area contributed by atoms with Gasteiger partial charge in [0, 0.05) is 23.2 Å². The SMILES string of the molecule is Cc1cc(Br)ccc1NC(=O)N1CCC(C(=O)O)CC1. The molecule has 2 rings (SSSR count). The molecule has 0 radical (unpaired) electrons. The highest BCUT2D eigenvalue weighted by atomic mass is 79.9. The van der Waals surface area contributed by atoms with Crippen LogP contribution in [0.1, 0.15) is 18.4 Å². The molecule has 2 amide bonds. The van der Waals surface area contributed by atoms with E-state index in [2.05, 4.69) is 21.2 Å². The number of piperidine rings is 1. The lowest BCUT2D eigenvalue weighted by Gasteiger charge is -2.30. The van der Waals surface area contributed by atoms with Crippen LogP contribution in [0.5, 0.6) is 0 Å². The number of carbonyl (C=O) groups excluding carboxylic acids is 1. The molecule has 20 heavy (non-hydrogen) atoms. The average molecular weight is 341 g/mol. The summed E-state index contributed by atoms with van der Waals surface area (Å²) in [6.07, 6.45) is 1.03. The Bertz CT molecular complexity index is 525. The molecule has 0 aromatic heterocycles. The molecule has 0 unspecified atom stereocenters. The van der Waals surface area contributed by atoms with Gasteiger partial charge in [-0.1, -0.05) is 15.9 Å².